The number of benzene rings is 1. The van der Waals surface area contributed by atoms with E-state index in [1.54, 1.807) is 19.9 Å². The van der Waals surface area contributed by atoms with Crippen LogP contribution in [0.25, 0.3) is 0 Å². The Balaban J connectivity index is 2.52. The number of hydrogen-bond donors (Lipinski definition) is 1. The smallest absolute Gasteiger partial charge is 0.339 e. The summed E-state index contributed by atoms with van der Waals surface area (Å²) in [7, 11) is 0. The molecule has 1 N–H and O–H groups in total. The van der Waals surface area contributed by atoms with Gasteiger partial charge in [-0.1, -0.05) is 12.1 Å². The summed E-state index contributed by atoms with van der Waals surface area (Å²) in [5, 5.41) is 11.8. The number of hydrogen-bond acceptors (Lipinski definition) is 3. The second-order valence-corrected chi connectivity index (χ2v) is 4.58. The van der Waals surface area contributed by atoms with E-state index >= 15 is 0 Å². The number of anilines is 2. The van der Waals surface area contributed by atoms with E-state index in [-0.39, 0.29) is 17.1 Å². The molecule has 3 nitrogen and oxygen atoms in total. The van der Waals surface area contributed by atoms with Crippen molar-refractivity contribution in [3.05, 3.63) is 52.7 Å². The molecule has 0 aliphatic carbocycles. The van der Waals surface area contributed by atoms with Crippen LogP contribution in [0.4, 0.5) is 24.7 Å². The number of alkyl halides is 3. The van der Waals surface area contributed by atoms with E-state index in [2.05, 4.69) is 10.3 Å². The van der Waals surface area contributed by atoms with Crippen molar-refractivity contribution in [2.75, 3.05) is 5.32 Å². The van der Waals surface area contributed by atoms with Crippen LogP contribution in [-0.2, 0) is 6.18 Å². The molecule has 0 amide bonds. The van der Waals surface area contributed by atoms with Gasteiger partial charge in [-0.25, -0.2) is 4.98 Å². The predicted molar refractivity (Wildman–Crippen MR) is 73.2 cm³/mol. The third-order valence-electron chi connectivity index (χ3n) is 2.94. The Labute approximate surface area is 120 Å². The first kappa shape index (κ1) is 14.9. The Hall–Kier alpha value is -2.55. The number of nitriles is 1. The lowest BCUT2D eigenvalue weighted by Gasteiger charge is -2.15. The van der Waals surface area contributed by atoms with Crippen LogP contribution in [0.1, 0.15) is 22.4 Å². The molecule has 0 atom stereocenters. The van der Waals surface area contributed by atoms with Gasteiger partial charge in [-0.3, -0.25) is 0 Å². The first-order valence-electron chi connectivity index (χ1n) is 6.14. The molecule has 0 fully saturated rings. The van der Waals surface area contributed by atoms with Crippen molar-refractivity contribution in [2.45, 2.75) is 20.0 Å². The zero-order chi connectivity index (χ0) is 15.6. The number of rotatable bonds is 2. The molecule has 2 rings (SSSR count). The van der Waals surface area contributed by atoms with Gasteiger partial charge in [0.25, 0.3) is 0 Å². The standard InChI is InChI=1S/C15H12F3N3/c1-9-7-10(2)20-14(11(9)8-19)21-13-6-4-3-5-12(13)15(16,17)18/h3-7H,1-2H3,(H,20,21). The van der Waals surface area contributed by atoms with Gasteiger partial charge in [-0.15, -0.1) is 0 Å². The van der Waals surface area contributed by atoms with Gasteiger partial charge in [0.2, 0.25) is 0 Å². The van der Waals surface area contributed by atoms with Gasteiger partial charge >= 0.3 is 6.18 Å². The Morgan fingerprint density at radius 3 is 2.48 bits per heavy atom. The third kappa shape index (κ3) is 3.14. The van der Waals surface area contributed by atoms with Crippen molar-refractivity contribution >= 4 is 11.5 Å². The normalized spacial score (nSPS) is 11.0. The van der Waals surface area contributed by atoms with Gasteiger partial charge in [-0.05, 0) is 37.6 Å². The summed E-state index contributed by atoms with van der Waals surface area (Å²) in [6.45, 7) is 3.43. The van der Waals surface area contributed by atoms with Crippen molar-refractivity contribution in [2.24, 2.45) is 0 Å². The summed E-state index contributed by atoms with van der Waals surface area (Å²) in [4.78, 5) is 4.12. The fourth-order valence-corrected chi connectivity index (χ4v) is 2.04. The third-order valence-corrected chi connectivity index (χ3v) is 2.94. The molecule has 0 saturated heterocycles. The summed E-state index contributed by atoms with van der Waals surface area (Å²) in [5.41, 5.74) is 0.599. The van der Waals surface area contributed by atoms with Gasteiger partial charge in [-0.2, -0.15) is 18.4 Å². The van der Waals surface area contributed by atoms with Gasteiger partial charge in [0.1, 0.15) is 11.9 Å². The zero-order valence-corrected chi connectivity index (χ0v) is 11.4. The quantitative estimate of drug-likeness (QED) is 0.895. The van der Waals surface area contributed by atoms with E-state index in [1.807, 2.05) is 6.07 Å². The largest absolute Gasteiger partial charge is 0.418 e. The number of pyridine rings is 1. The Morgan fingerprint density at radius 1 is 1.19 bits per heavy atom. The van der Waals surface area contributed by atoms with Crippen LogP contribution < -0.4 is 5.32 Å². The maximum Gasteiger partial charge on any atom is 0.418 e. The van der Waals surface area contributed by atoms with Crippen molar-refractivity contribution in [3.63, 3.8) is 0 Å². The lowest BCUT2D eigenvalue weighted by atomic mass is 10.1. The molecule has 0 aliphatic heterocycles. The summed E-state index contributed by atoms with van der Waals surface area (Å²) < 4.78 is 38.9. The number of aromatic nitrogens is 1. The molecule has 0 radical (unpaired) electrons. The highest BCUT2D eigenvalue weighted by Gasteiger charge is 2.33. The molecule has 0 bridgehead atoms. The van der Waals surface area contributed by atoms with Crippen LogP contribution in [0.5, 0.6) is 0 Å². The van der Waals surface area contributed by atoms with E-state index in [0.29, 0.717) is 11.3 Å². The minimum atomic E-state index is -4.48. The summed E-state index contributed by atoms with van der Waals surface area (Å²) in [6, 6.07) is 8.77. The molecular formula is C15H12F3N3. The Morgan fingerprint density at radius 2 is 1.86 bits per heavy atom. The monoisotopic (exact) mass is 291 g/mol. The van der Waals surface area contributed by atoms with Crippen molar-refractivity contribution in [3.8, 4) is 6.07 Å². The summed E-state index contributed by atoms with van der Waals surface area (Å²) in [6.07, 6.45) is -4.48. The lowest BCUT2D eigenvalue weighted by Crippen LogP contribution is -2.10. The molecule has 0 aliphatic rings. The van der Waals surface area contributed by atoms with Gasteiger partial charge in [0.05, 0.1) is 16.8 Å². The maximum atomic E-state index is 13.0. The van der Waals surface area contributed by atoms with Gasteiger partial charge < -0.3 is 5.32 Å². The predicted octanol–water partition coefficient (Wildman–Crippen LogP) is 4.33. The van der Waals surface area contributed by atoms with Crippen LogP contribution in [0, 0.1) is 25.2 Å². The van der Waals surface area contributed by atoms with Gasteiger partial charge in [0, 0.05) is 5.69 Å². The van der Waals surface area contributed by atoms with E-state index in [0.717, 1.165) is 6.07 Å². The Bertz CT molecular complexity index is 715. The molecule has 21 heavy (non-hydrogen) atoms. The molecule has 108 valence electrons. The van der Waals surface area contributed by atoms with E-state index in [1.165, 1.54) is 18.2 Å². The highest BCUT2D eigenvalue weighted by atomic mass is 19.4. The van der Waals surface area contributed by atoms with Crippen LogP contribution in [-0.4, -0.2) is 4.98 Å². The molecule has 1 aromatic heterocycles. The van der Waals surface area contributed by atoms with Crippen LogP contribution in [0.15, 0.2) is 30.3 Å². The number of aryl methyl sites for hydroxylation is 2. The summed E-state index contributed by atoms with van der Waals surface area (Å²) in [5.74, 6) is 0.131. The van der Waals surface area contributed by atoms with E-state index in [4.69, 9.17) is 5.26 Å². The molecule has 0 saturated carbocycles. The zero-order valence-electron chi connectivity index (χ0n) is 11.4. The van der Waals surface area contributed by atoms with Crippen LogP contribution >= 0.6 is 0 Å². The van der Waals surface area contributed by atoms with Crippen LogP contribution in [0.2, 0.25) is 0 Å². The second-order valence-electron chi connectivity index (χ2n) is 4.58. The lowest BCUT2D eigenvalue weighted by molar-refractivity contribution is -0.136. The summed E-state index contributed by atoms with van der Waals surface area (Å²) >= 11 is 0. The van der Waals surface area contributed by atoms with Gasteiger partial charge in [0.15, 0.2) is 0 Å². The molecule has 6 heteroatoms. The highest BCUT2D eigenvalue weighted by molar-refractivity contribution is 5.67. The second kappa shape index (κ2) is 5.44. The van der Waals surface area contributed by atoms with Crippen molar-refractivity contribution < 1.29 is 13.2 Å². The first-order valence-corrected chi connectivity index (χ1v) is 6.14. The average molecular weight is 291 g/mol. The maximum absolute atomic E-state index is 13.0. The molecule has 0 unspecified atom stereocenters. The fourth-order valence-electron chi connectivity index (χ4n) is 2.04. The molecular weight excluding hydrogens is 279 g/mol. The SMILES string of the molecule is Cc1cc(C)c(C#N)c(Nc2ccccc2C(F)(F)F)n1. The minimum absolute atomic E-state index is 0.126. The number of para-hydroxylation sites is 1. The van der Waals surface area contributed by atoms with E-state index < -0.39 is 11.7 Å². The topological polar surface area (TPSA) is 48.7 Å². The van der Waals surface area contributed by atoms with Crippen molar-refractivity contribution in [1.82, 2.24) is 4.98 Å². The highest BCUT2D eigenvalue weighted by Crippen LogP contribution is 2.36. The molecule has 2 aromatic rings. The number of nitrogens with one attached hydrogen (secondary N) is 1. The minimum Gasteiger partial charge on any atom is -0.339 e. The Kier molecular flexibility index (Phi) is 3.85. The number of nitrogens with zero attached hydrogens (tertiary/aromatic N) is 2. The number of halogens is 3. The van der Waals surface area contributed by atoms with E-state index in [9.17, 15) is 13.2 Å². The molecule has 1 aromatic carbocycles. The van der Waals surface area contributed by atoms with Crippen LogP contribution in [0.3, 0.4) is 0 Å². The molecule has 1 heterocycles. The molecule has 0 spiro atoms. The average Bonchev–Trinajstić information content (AvgIpc) is 2.37. The van der Waals surface area contributed by atoms with Crippen molar-refractivity contribution in [1.29, 1.82) is 5.26 Å². The fraction of sp³-hybridized carbons (Fsp3) is 0.200. The first-order chi connectivity index (χ1) is 9.82.